The minimum Gasteiger partial charge on any atom is -0.309 e. The van der Waals surface area contributed by atoms with Crippen molar-refractivity contribution >= 4 is 27.7 Å². The molecule has 1 aromatic carbocycles. The number of rotatable bonds is 5. The molecule has 0 saturated carbocycles. The third kappa shape index (κ3) is 3.74. The van der Waals surface area contributed by atoms with Gasteiger partial charge in [0.2, 0.25) is 0 Å². The molecule has 2 atom stereocenters. The van der Waals surface area contributed by atoms with Gasteiger partial charge in [-0.2, -0.15) is 11.8 Å². The van der Waals surface area contributed by atoms with E-state index in [2.05, 4.69) is 28.2 Å². The van der Waals surface area contributed by atoms with Crippen LogP contribution in [0.25, 0.3) is 0 Å². The lowest BCUT2D eigenvalue weighted by molar-refractivity contribution is 0.435. The van der Waals surface area contributed by atoms with Gasteiger partial charge in [-0.05, 0) is 59.6 Å². The Morgan fingerprint density at radius 1 is 1.40 bits per heavy atom. The van der Waals surface area contributed by atoms with Crippen molar-refractivity contribution in [3.8, 4) is 0 Å². The average Bonchev–Trinajstić information content (AvgIpc) is 2.47. The fourth-order valence-corrected chi connectivity index (χ4v) is 4.35. The molecule has 112 valence electrons. The van der Waals surface area contributed by atoms with Crippen molar-refractivity contribution in [3.63, 3.8) is 0 Å². The lowest BCUT2D eigenvalue weighted by atomic mass is 9.98. The summed E-state index contributed by atoms with van der Waals surface area (Å²) in [6, 6.07) is 2.52. The van der Waals surface area contributed by atoms with E-state index >= 15 is 0 Å². The highest BCUT2D eigenvalue weighted by atomic mass is 79.9. The number of hydrogen-bond donors (Lipinski definition) is 1. The van der Waals surface area contributed by atoms with Crippen molar-refractivity contribution < 1.29 is 8.78 Å². The van der Waals surface area contributed by atoms with Gasteiger partial charge in [0.15, 0.2) is 0 Å². The predicted octanol–water partition coefficient (Wildman–Crippen LogP) is 5.05. The van der Waals surface area contributed by atoms with Crippen LogP contribution in [0.5, 0.6) is 0 Å². The molecule has 1 heterocycles. The lowest BCUT2D eigenvalue weighted by Crippen LogP contribution is -2.34. The zero-order chi connectivity index (χ0) is 14.5. The molecule has 0 spiro atoms. The van der Waals surface area contributed by atoms with E-state index in [-0.39, 0.29) is 16.9 Å². The quantitative estimate of drug-likeness (QED) is 0.734. The van der Waals surface area contributed by atoms with Gasteiger partial charge < -0.3 is 5.32 Å². The van der Waals surface area contributed by atoms with Gasteiger partial charge in [0.05, 0.1) is 4.47 Å². The van der Waals surface area contributed by atoms with Crippen LogP contribution in [0.4, 0.5) is 8.78 Å². The monoisotopic (exact) mass is 363 g/mol. The molecule has 1 N–H and O–H groups in total. The number of hydrogen-bond acceptors (Lipinski definition) is 2. The molecule has 0 aromatic heterocycles. The van der Waals surface area contributed by atoms with Crippen molar-refractivity contribution in [1.82, 2.24) is 5.32 Å². The minimum atomic E-state index is -0.468. The van der Waals surface area contributed by atoms with Crippen molar-refractivity contribution in [3.05, 3.63) is 33.8 Å². The van der Waals surface area contributed by atoms with E-state index in [1.807, 2.05) is 11.8 Å². The molecule has 0 amide bonds. The van der Waals surface area contributed by atoms with Gasteiger partial charge in [0, 0.05) is 16.9 Å². The first-order valence-corrected chi connectivity index (χ1v) is 8.97. The Morgan fingerprint density at radius 2 is 2.20 bits per heavy atom. The topological polar surface area (TPSA) is 12.0 Å². The van der Waals surface area contributed by atoms with Crippen molar-refractivity contribution in [1.29, 1.82) is 0 Å². The molecule has 1 aliphatic heterocycles. The van der Waals surface area contributed by atoms with E-state index < -0.39 is 11.6 Å². The summed E-state index contributed by atoms with van der Waals surface area (Å²) in [4.78, 5) is 0. The van der Waals surface area contributed by atoms with Gasteiger partial charge in [-0.3, -0.25) is 0 Å². The summed E-state index contributed by atoms with van der Waals surface area (Å²) in [7, 11) is 0. The first-order valence-electron chi connectivity index (χ1n) is 7.13. The molecule has 20 heavy (non-hydrogen) atoms. The minimum absolute atomic E-state index is 0.187. The van der Waals surface area contributed by atoms with Gasteiger partial charge in [-0.15, -0.1) is 0 Å². The maximum atomic E-state index is 14.4. The number of thioether (sulfide) groups is 1. The average molecular weight is 364 g/mol. The molecule has 0 aliphatic carbocycles. The highest BCUT2D eigenvalue weighted by Crippen LogP contribution is 2.38. The van der Waals surface area contributed by atoms with E-state index in [4.69, 9.17) is 0 Å². The zero-order valence-corrected chi connectivity index (χ0v) is 14.0. The van der Waals surface area contributed by atoms with E-state index in [9.17, 15) is 8.78 Å². The van der Waals surface area contributed by atoms with E-state index in [0.717, 1.165) is 31.6 Å². The fourth-order valence-electron chi connectivity index (χ4n) is 2.58. The molecule has 1 aromatic rings. The largest absolute Gasteiger partial charge is 0.309 e. The molecule has 1 fully saturated rings. The Bertz CT molecular complexity index is 450. The fraction of sp³-hybridized carbons (Fsp3) is 0.600. The van der Waals surface area contributed by atoms with Gasteiger partial charge >= 0.3 is 0 Å². The second-order valence-corrected chi connectivity index (χ2v) is 7.30. The van der Waals surface area contributed by atoms with Crippen LogP contribution < -0.4 is 5.32 Å². The molecular formula is C15H20BrF2NS. The Labute approximate surface area is 132 Å². The Hall–Kier alpha value is -0.130. The molecule has 0 bridgehead atoms. The summed E-state index contributed by atoms with van der Waals surface area (Å²) in [5.74, 6) is 0.155. The van der Waals surface area contributed by atoms with E-state index in [1.54, 1.807) is 0 Å². The molecule has 1 saturated heterocycles. The van der Waals surface area contributed by atoms with Crippen LogP contribution >= 0.6 is 27.7 Å². The predicted molar refractivity (Wildman–Crippen MR) is 85.2 cm³/mol. The van der Waals surface area contributed by atoms with Crippen LogP contribution in [0.3, 0.4) is 0 Å². The summed E-state index contributed by atoms with van der Waals surface area (Å²) in [5.41, 5.74) is 0.187. The van der Waals surface area contributed by atoms with Crippen molar-refractivity contribution in [2.45, 2.75) is 43.9 Å². The summed E-state index contributed by atoms with van der Waals surface area (Å²) >= 11 is 4.99. The van der Waals surface area contributed by atoms with Crippen LogP contribution in [0.15, 0.2) is 16.6 Å². The third-order valence-corrected chi connectivity index (χ3v) is 5.66. The van der Waals surface area contributed by atoms with Crippen molar-refractivity contribution in [2.24, 2.45) is 0 Å². The highest BCUT2D eigenvalue weighted by Gasteiger charge is 2.30. The van der Waals surface area contributed by atoms with E-state index in [0.29, 0.717) is 4.47 Å². The van der Waals surface area contributed by atoms with Crippen LogP contribution in [0.2, 0.25) is 0 Å². The van der Waals surface area contributed by atoms with E-state index in [1.165, 1.54) is 18.6 Å². The van der Waals surface area contributed by atoms with Crippen LogP contribution in [-0.4, -0.2) is 17.5 Å². The molecule has 0 radical (unpaired) electrons. The van der Waals surface area contributed by atoms with Gasteiger partial charge in [0.1, 0.15) is 11.6 Å². The second kappa shape index (κ2) is 7.76. The standard InChI is InChI=1S/C15H20BrF2NS/c1-2-8-19-15(12-5-3-4-9-20-12)13-11(17)7-6-10(16)14(13)18/h6-7,12,15,19H,2-5,8-9H2,1H3. The van der Waals surface area contributed by atoms with Gasteiger partial charge in [-0.25, -0.2) is 8.78 Å². The molecule has 2 rings (SSSR count). The first-order chi connectivity index (χ1) is 9.65. The lowest BCUT2D eigenvalue weighted by Gasteiger charge is -2.31. The first kappa shape index (κ1) is 16.2. The number of halogens is 3. The van der Waals surface area contributed by atoms with Gasteiger partial charge in [0.25, 0.3) is 0 Å². The summed E-state index contributed by atoms with van der Waals surface area (Å²) in [5, 5.41) is 3.59. The summed E-state index contributed by atoms with van der Waals surface area (Å²) < 4.78 is 28.8. The van der Waals surface area contributed by atoms with Crippen molar-refractivity contribution in [2.75, 3.05) is 12.3 Å². The molecule has 5 heteroatoms. The van der Waals surface area contributed by atoms with Crippen LogP contribution in [-0.2, 0) is 0 Å². The Kier molecular flexibility index (Phi) is 6.30. The zero-order valence-electron chi connectivity index (χ0n) is 11.6. The number of benzene rings is 1. The number of nitrogens with one attached hydrogen (secondary N) is 1. The van der Waals surface area contributed by atoms with Crippen LogP contribution in [0, 0.1) is 11.6 Å². The second-order valence-electron chi connectivity index (χ2n) is 5.09. The van der Waals surface area contributed by atoms with Gasteiger partial charge in [-0.1, -0.05) is 13.3 Å². The highest BCUT2D eigenvalue weighted by molar-refractivity contribution is 9.10. The molecule has 1 aliphatic rings. The maximum absolute atomic E-state index is 14.4. The summed E-state index contributed by atoms with van der Waals surface area (Å²) in [6.45, 7) is 2.83. The Morgan fingerprint density at radius 3 is 2.85 bits per heavy atom. The normalized spacial score (nSPS) is 20.9. The molecular weight excluding hydrogens is 344 g/mol. The van der Waals surface area contributed by atoms with Crippen LogP contribution in [0.1, 0.15) is 44.2 Å². The third-order valence-electron chi connectivity index (χ3n) is 3.59. The molecule has 2 unspecified atom stereocenters. The smallest absolute Gasteiger partial charge is 0.145 e. The SMILES string of the molecule is CCCNC(c1c(F)ccc(Br)c1F)C1CCCCS1. The maximum Gasteiger partial charge on any atom is 0.145 e. The Balaban J connectivity index is 2.32. The summed E-state index contributed by atoms with van der Waals surface area (Å²) in [6.07, 6.45) is 4.30. The molecule has 1 nitrogen and oxygen atoms in total.